The van der Waals surface area contributed by atoms with Gasteiger partial charge >= 0.3 is 11.9 Å². The van der Waals surface area contributed by atoms with E-state index >= 15 is 0 Å². The molecule has 4 rings (SSSR count). The fourth-order valence-corrected chi connectivity index (χ4v) is 7.72. The highest BCUT2D eigenvalue weighted by Gasteiger charge is 2.63. The highest BCUT2D eigenvalue weighted by Crippen LogP contribution is 2.63. The first-order chi connectivity index (χ1) is 15.4. The van der Waals surface area contributed by atoms with Crippen LogP contribution in [0.25, 0.3) is 0 Å². The summed E-state index contributed by atoms with van der Waals surface area (Å²) >= 11 is 0. The minimum atomic E-state index is -1.13. The first kappa shape index (κ1) is 24.9. The van der Waals surface area contributed by atoms with Crippen molar-refractivity contribution < 1.29 is 34.4 Å². The SMILES string of the molecule is CC(C)[C@H](C)[C@@H](O)C(=O)O[C@H]1CC[C@H]2[C@@H]3COC(=O)[C@H]4C[C@H](O)[C@H](O)C[C@]4(C)[C@H]3CC[C@]12C. The van der Waals surface area contributed by atoms with Gasteiger partial charge in [0.05, 0.1) is 24.7 Å². The van der Waals surface area contributed by atoms with E-state index in [1.165, 1.54) is 0 Å². The molecule has 4 fully saturated rings. The van der Waals surface area contributed by atoms with Crippen molar-refractivity contribution >= 4 is 11.9 Å². The van der Waals surface area contributed by atoms with Gasteiger partial charge in [-0.3, -0.25) is 4.79 Å². The van der Waals surface area contributed by atoms with Crippen LogP contribution in [-0.4, -0.2) is 58.3 Å². The van der Waals surface area contributed by atoms with Crippen molar-refractivity contribution in [3.63, 3.8) is 0 Å². The molecular formula is C26H42O7. The highest BCUT2D eigenvalue weighted by atomic mass is 16.6. The zero-order chi connectivity index (χ0) is 24.3. The normalized spacial score (nSPS) is 46.9. The predicted molar refractivity (Wildman–Crippen MR) is 121 cm³/mol. The van der Waals surface area contributed by atoms with Crippen molar-refractivity contribution in [3.8, 4) is 0 Å². The molecule has 1 heterocycles. The van der Waals surface area contributed by atoms with E-state index in [1.807, 2.05) is 20.8 Å². The third-order valence-corrected chi connectivity index (χ3v) is 10.3. The Balaban J connectivity index is 1.55. The standard InChI is InChI=1S/C26H42O7/c1-13(2)14(3)22(29)24(31)33-21-7-6-16-15-12-32-23(30)18-10-19(27)20(28)11-26(18,5)17(15)8-9-25(16,21)4/h13-22,27-29H,6-12H2,1-5H3/t14-,15-,16-,17-,18+,19-,20+,21-,22+,25-,26+/m0/s1. The number of ether oxygens (including phenoxy) is 2. The van der Waals surface area contributed by atoms with Gasteiger partial charge in [0.25, 0.3) is 0 Å². The van der Waals surface area contributed by atoms with Gasteiger partial charge in [-0.25, -0.2) is 4.79 Å². The lowest BCUT2D eigenvalue weighted by atomic mass is 9.49. The van der Waals surface area contributed by atoms with Gasteiger partial charge < -0.3 is 24.8 Å². The van der Waals surface area contributed by atoms with Crippen LogP contribution >= 0.6 is 0 Å². The Bertz CT molecular complexity index is 768. The highest BCUT2D eigenvalue weighted by molar-refractivity contribution is 5.75. The lowest BCUT2D eigenvalue weighted by Gasteiger charge is -2.55. The van der Waals surface area contributed by atoms with E-state index < -0.39 is 35.6 Å². The molecule has 3 N–H and O–H groups in total. The van der Waals surface area contributed by atoms with Gasteiger partial charge in [0.15, 0.2) is 6.10 Å². The zero-order valence-corrected chi connectivity index (χ0v) is 20.7. The molecule has 0 unspecified atom stereocenters. The van der Waals surface area contributed by atoms with Crippen molar-refractivity contribution in [2.45, 2.75) is 97.6 Å². The average molecular weight is 467 g/mol. The molecule has 33 heavy (non-hydrogen) atoms. The van der Waals surface area contributed by atoms with Gasteiger partial charge in [-0.2, -0.15) is 0 Å². The molecule has 0 bridgehead atoms. The lowest BCUT2D eigenvalue weighted by molar-refractivity contribution is -0.174. The van der Waals surface area contributed by atoms with E-state index in [1.54, 1.807) is 0 Å². The molecule has 0 radical (unpaired) electrons. The Kier molecular flexibility index (Phi) is 6.64. The molecule has 7 nitrogen and oxygen atoms in total. The van der Waals surface area contributed by atoms with Crippen LogP contribution in [0.3, 0.4) is 0 Å². The smallest absolute Gasteiger partial charge is 0.335 e. The van der Waals surface area contributed by atoms with Gasteiger partial charge in [-0.05, 0) is 73.5 Å². The van der Waals surface area contributed by atoms with E-state index in [4.69, 9.17) is 9.47 Å². The number of hydrogen-bond acceptors (Lipinski definition) is 7. The minimum Gasteiger partial charge on any atom is -0.465 e. The van der Waals surface area contributed by atoms with Gasteiger partial charge in [0, 0.05) is 5.41 Å². The summed E-state index contributed by atoms with van der Waals surface area (Å²) in [5.74, 6) is -0.624. The zero-order valence-electron chi connectivity index (χ0n) is 20.7. The summed E-state index contributed by atoms with van der Waals surface area (Å²) in [6.07, 6.45) is 0.894. The Hall–Kier alpha value is -1.18. The monoisotopic (exact) mass is 466 g/mol. The summed E-state index contributed by atoms with van der Waals surface area (Å²) in [7, 11) is 0. The van der Waals surface area contributed by atoms with Crippen LogP contribution in [0.1, 0.15) is 73.1 Å². The van der Waals surface area contributed by atoms with Crippen LogP contribution in [0.4, 0.5) is 0 Å². The molecule has 188 valence electrons. The Labute approximate surface area is 197 Å². The molecule has 4 aliphatic rings. The average Bonchev–Trinajstić information content (AvgIpc) is 3.04. The summed E-state index contributed by atoms with van der Waals surface area (Å²) in [6.45, 7) is 10.5. The maximum atomic E-state index is 12.9. The summed E-state index contributed by atoms with van der Waals surface area (Å²) in [5.41, 5.74) is -0.650. The van der Waals surface area contributed by atoms with Crippen LogP contribution in [-0.2, 0) is 19.1 Å². The van der Waals surface area contributed by atoms with Gasteiger partial charge in [0.2, 0.25) is 0 Å². The van der Waals surface area contributed by atoms with Crippen LogP contribution < -0.4 is 0 Å². The predicted octanol–water partition coefficient (Wildman–Crippen LogP) is 2.69. The van der Waals surface area contributed by atoms with E-state index in [9.17, 15) is 24.9 Å². The number of aliphatic hydroxyl groups is 3. The summed E-state index contributed by atoms with van der Waals surface area (Å²) in [4.78, 5) is 25.7. The number of hydrogen-bond donors (Lipinski definition) is 3. The molecule has 1 saturated heterocycles. The van der Waals surface area contributed by atoms with E-state index in [0.29, 0.717) is 13.0 Å². The number of carbonyl (C=O) groups excluding carboxylic acids is 2. The summed E-state index contributed by atoms with van der Waals surface area (Å²) < 4.78 is 11.7. The van der Waals surface area contributed by atoms with Crippen molar-refractivity contribution in [1.82, 2.24) is 0 Å². The van der Waals surface area contributed by atoms with Crippen LogP contribution in [0.2, 0.25) is 0 Å². The van der Waals surface area contributed by atoms with Gasteiger partial charge in [-0.15, -0.1) is 0 Å². The molecule has 0 spiro atoms. The minimum absolute atomic E-state index is 0.133. The molecule has 0 amide bonds. The van der Waals surface area contributed by atoms with Crippen molar-refractivity contribution in [2.24, 2.45) is 46.3 Å². The van der Waals surface area contributed by atoms with Crippen molar-refractivity contribution in [3.05, 3.63) is 0 Å². The molecular weight excluding hydrogens is 424 g/mol. The molecule has 0 aromatic heterocycles. The topological polar surface area (TPSA) is 113 Å². The summed E-state index contributed by atoms with van der Waals surface area (Å²) in [5, 5.41) is 31.2. The van der Waals surface area contributed by atoms with E-state index in [-0.39, 0.29) is 53.5 Å². The molecule has 0 aromatic rings. The van der Waals surface area contributed by atoms with Crippen LogP contribution in [0.15, 0.2) is 0 Å². The van der Waals surface area contributed by atoms with Crippen LogP contribution in [0, 0.1) is 46.3 Å². The lowest BCUT2D eigenvalue weighted by Crippen LogP contribution is -2.55. The maximum Gasteiger partial charge on any atom is 0.335 e. The van der Waals surface area contributed by atoms with E-state index in [2.05, 4.69) is 13.8 Å². The second-order valence-electron chi connectivity index (χ2n) is 12.2. The van der Waals surface area contributed by atoms with Gasteiger partial charge in [-0.1, -0.05) is 34.6 Å². The molecule has 3 aliphatic carbocycles. The summed E-state index contributed by atoms with van der Waals surface area (Å²) in [6, 6.07) is 0. The largest absolute Gasteiger partial charge is 0.465 e. The molecule has 11 atom stereocenters. The first-order valence-electron chi connectivity index (χ1n) is 12.8. The Morgan fingerprint density at radius 2 is 1.73 bits per heavy atom. The second kappa shape index (κ2) is 8.80. The van der Waals surface area contributed by atoms with Crippen LogP contribution in [0.5, 0.6) is 0 Å². The first-order valence-corrected chi connectivity index (χ1v) is 12.8. The Morgan fingerprint density at radius 3 is 2.39 bits per heavy atom. The van der Waals surface area contributed by atoms with E-state index in [0.717, 1.165) is 25.7 Å². The number of aliphatic hydroxyl groups excluding tert-OH is 3. The fourth-order valence-electron chi connectivity index (χ4n) is 7.72. The quantitative estimate of drug-likeness (QED) is 0.546. The third-order valence-electron chi connectivity index (χ3n) is 10.3. The number of rotatable bonds is 4. The number of fused-ring (bicyclic) bond motifs is 5. The fraction of sp³-hybridized carbons (Fsp3) is 0.923. The molecule has 0 aromatic carbocycles. The third kappa shape index (κ3) is 4.02. The number of cyclic esters (lactones) is 1. The van der Waals surface area contributed by atoms with Crippen molar-refractivity contribution in [2.75, 3.05) is 6.61 Å². The maximum absolute atomic E-state index is 12.9. The number of esters is 2. The van der Waals surface area contributed by atoms with Crippen molar-refractivity contribution in [1.29, 1.82) is 0 Å². The molecule has 7 heteroatoms. The Morgan fingerprint density at radius 1 is 1.06 bits per heavy atom. The molecule has 1 aliphatic heterocycles. The molecule has 3 saturated carbocycles. The number of carbonyl (C=O) groups is 2. The van der Waals surface area contributed by atoms with Gasteiger partial charge in [0.1, 0.15) is 6.10 Å². The second-order valence-corrected chi connectivity index (χ2v) is 12.2.